The summed E-state index contributed by atoms with van der Waals surface area (Å²) in [5, 5.41) is 3.02. The lowest BCUT2D eigenvalue weighted by atomic mass is 10.1. The number of carbonyl (C=O) groups excluding carboxylic acids is 1. The normalized spacial score (nSPS) is 12.2. The number of hydrogen-bond acceptors (Lipinski definition) is 2. The van der Waals surface area contributed by atoms with Gasteiger partial charge in [-0.05, 0) is 53.9 Å². The van der Waals surface area contributed by atoms with Gasteiger partial charge in [0, 0.05) is 0 Å². The molecule has 1 atom stereocenters. The summed E-state index contributed by atoms with van der Waals surface area (Å²) in [6, 6.07) is 10.1. The maximum Gasteiger partial charge on any atom is 0.261 e. The number of aryl methyl sites for hydroxylation is 2. The highest BCUT2D eigenvalue weighted by atomic mass is 79.9. The van der Waals surface area contributed by atoms with Gasteiger partial charge >= 0.3 is 0 Å². The minimum Gasteiger partial charge on any atom is -0.345 e. The molecule has 0 aliphatic rings. The van der Waals surface area contributed by atoms with E-state index in [2.05, 4.69) is 52.4 Å². The molecule has 4 heteroatoms. The standard InChI is InChI=1S/C15H16BrNOS/c1-9-4-6-12(7-5-9)11(3)17-15(18)13-8-10(2)14(16)19-13/h4-8,11H,1-3H3,(H,17,18). The van der Waals surface area contributed by atoms with Crippen LogP contribution in [0.1, 0.15) is 39.3 Å². The van der Waals surface area contributed by atoms with Gasteiger partial charge in [-0.25, -0.2) is 0 Å². The van der Waals surface area contributed by atoms with Crippen molar-refractivity contribution in [1.82, 2.24) is 5.32 Å². The monoisotopic (exact) mass is 337 g/mol. The van der Waals surface area contributed by atoms with E-state index in [1.165, 1.54) is 16.9 Å². The van der Waals surface area contributed by atoms with Crippen LogP contribution in [0.2, 0.25) is 0 Å². The third-order valence-corrected chi connectivity index (χ3v) is 5.14. The topological polar surface area (TPSA) is 29.1 Å². The predicted molar refractivity (Wildman–Crippen MR) is 83.8 cm³/mol. The lowest BCUT2D eigenvalue weighted by Gasteiger charge is -2.13. The van der Waals surface area contributed by atoms with Crippen molar-refractivity contribution in [2.45, 2.75) is 26.8 Å². The number of hydrogen-bond donors (Lipinski definition) is 1. The molecule has 0 saturated heterocycles. The van der Waals surface area contributed by atoms with Crippen LogP contribution in [0.15, 0.2) is 34.1 Å². The zero-order valence-electron chi connectivity index (χ0n) is 11.2. The average Bonchev–Trinajstić information content (AvgIpc) is 2.70. The van der Waals surface area contributed by atoms with Gasteiger partial charge in [0.15, 0.2) is 0 Å². The van der Waals surface area contributed by atoms with Gasteiger partial charge in [0.05, 0.1) is 14.7 Å². The molecule has 1 heterocycles. The summed E-state index contributed by atoms with van der Waals surface area (Å²) in [5.41, 5.74) is 3.43. The molecular weight excluding hydrogens is 322 g/mol. The highest BCUT2D eigenvalue weighted by molar-refractivity contribution is 9.11. The summed E-state index contributed by atoms with van der Waals surface area (Å²) in [7, 11) is 0. The van der Waals surface area contributed by atoms with E-state index in [1.807, 2.05) is 19.9 Å². The van der Waals surface area contributed by atoms with Crippen molar-refractivity contribution in [1.29, 1.82) is 0 Å². The molecule has 0 aliphatic carbocycles. The summed E-state index contributed by atoms with van der Waals surface area (Å²) in [5.74, 6) is -0.0214. The van der Waals surface area contributed by atoms with Crippen molar-refractivity contribution in [3.63, 3.8) is 0 Å². The van der Waals surface area contributed by atoms with Crippen molar-refractivity contribution in [3.8, 4) is 0 Å². The second-order valence-corrected chi connectivity index (χ2v) is 7.04. The molecule has 0 radical (unpaired) electrons. The SMILES string of the molecule is Cc1ccc(C(C)NC(=O)c2cc(C)c(Br)s2)cc1. The molecule has 100 valence electrons. The third kappa shape index (κ3) is 3.45. The van der Waals surface area contributed by atoms with Crippen LogP contribution in [0.3, 0.4) is 0 Å². The third-order valence-electron chi connectivity index (χ3n) is 3.01. The molecule has 1 N–H and O–H groups in total. The molecule has 1 unspecified atom stereocenters. The molecule has 19 heavy (non-hydrogen) atoms. The Morgan fingerprint density at radius 2 is 1.89 bits per heavy atom. The van der Waals surface area contributed by atoms with Crippen LogP contribution in [0.4, 0.5) is 0 Å². The Balaban J connectivity index is 2.08. The van der Waals surface area contributed by atoms with Crippen LogP contribution in [-0.4, -0.2) is 5.91 Å². The first kappa shape index (κ1) is 14.3. The molecule has 0 saturated carbocycles. The molecule has 0 bridgehead atoms. The summed E-state index contributed by atoms with van der Waals surface area (Å²) in [6.07, 6.45) is 0. The van der Waals surface area contributed by atoms with Gasteiger partial charge in [-0.1, -0.05) is 29.8 Å². The van der Waals surface area contributed by atoms with Crippen molar-refractivity contribution >= 4 is 33.2 Å². The Morgan fingerprint density at radius 1 is 1.26 bits per heavy atom. The molecule has 2 rings (SSSR count). The number of thiophene rings is 1. The first-order valence-electron chi connectivity index (χ1n) is 6.10. The van der Waals surface area contributed by atoms with E-state index >= 15 is 0 Å². The molecule has 2 nitrogen and oxygen atoms in total. The Kier molecular flexibility index (Phi) is 4.42. The summed E-state index contributed by atoms with van der Waals surface area (Å²) < 4.78 is 1.01. The minimum atomic E-state index is -0.0214. The van der Waals surface area contributed by atoms with E-state index in [-0.39, 0.29) is 11.9 Å². The van der Waals surface area contributed by atoms with Crippen LogP contribution >= 0.6 is 27.3 Å². The molecule has 0 fully saturated rings. The quantitative estimate of drug-likeness (QED) is 0.869. The summed E-state index contributed by atoms with van der Waals surface area (Å²) >= 11 is 4.91. The Labute approximate surface area is 126 Å². The van der Waals surface area contributed by atoms with Crippen molar-refractivity contribution in [2.24, 2.45) is 0 Å². The second-order valence-electron chi connectivity index (χ2n) is 4.67. The number of halogens is 1. The number of carbonyl (C=O) groups is 1. The zero-order valence-corrected chi connectivity index (χ0v) is 13.6. The van der Waals surface area contributed by atoms with Gasteiger partial charge < -0.3 is 5.32 Å². The van der Waals surface area contributed by atoms with Crippen LogP contribution in [0.25, 0.3) is 0 Å². The van der Waals surface area contributed by atoms with Gasteiger partial charge in [0.2, 0.25) is 0 Å². The largest absolute Gasteiger partial charge is 0.345 e. The first-order valence-corrected chi connectivity index (χ1v) is 7.71. The number of nitrogens with one attached hydrogen (secondary N) is 1. The summed E-state index contributed by atoms with van der Waals surface area (Å²) in [4.78, 5) is 12.9. The molecule has 0 aliphatic heterocycles. The lowest BCUT2D eigenvalue weighted by Crippen LogP contribution is -2.25. The number of benzene rings is 1. The van der Waals surface area contributed by atoms with Crippen LogP contribution < -0.4 is 5.32 Å². The Morgan fingerprint density at radius 3 is 2.42 bits per heavy atom. The number of amides is 1. The van der Waals surface area contributed by atoms with E-state index in [1.54, 1.807) is 0 Å². The van der Waals surface area contributed by atoms with Gasteiger partial charge in [-0.15, -0.1) is 11.3 Å². The molecule has 0 spiro atoms. The number of rotatable bonds is 3. The van der Waals surface area contributed by atoms with E-state index in [4.69, 9.17) is 0 Å². The van der Waals surface area contributed by atoms with E-state index in [9.17, 15) is 4.79 Å². The maximum atomic E-state index is 12.1. The van der Waals surface area contributed by atoms with Gasteiger partial charge in [-0.2, -0.15) is 0 Å². The minimum absolute atomic E-state index is 0.00859. The molecule has 1 aromatic heterocycles. The molecule has 1 amide bonds. The highest BCUT2D eigenvalue weighted by Crippen LogP contribution is 2.27. The van der Waals surface area contributed by atoms with Crippen molar-refractivity contribution in [3.05, 3.63) is 55.7 Å². The molecular formula is C15H16BrNOS. The lowest BCUT2D eigenvalue weighted by molar-refractivity contribution is 0.0944. The second kappa shape index (κ2) is 5.88. The molecule has 2 aromatic rings. The van der Waals surface area contributed by atoms with Gasteiger partial charge in [-0.3, -0.25) is 4.79 Å². The van der Waals surface area contributed by atoms with Gasteiger partial charge in [0.25, 0.3) is 5.91 Å². The van der Waals surface area contributed by atoms with Crippen LogP contribution in [0.5, 0.6) is 0 Å². The van der Waals surface area contributed by atoms with Gasteiger partial charge in [0.1, 0.15) is 0 Å². The summed E-state index contributed by atoms with van der Waals surface area (Å²) in [6.45, 7) is 6.04. The highest BCUT2D eigenvalue weighted by Gasteiger charge is 2.14. The van der Waals surface area contributed by atoms with E-state index < -0.39 is 0 Å². The zero-order chi connectivity index (χ0) is 14.0. The van der Waals surface area contributed by atoms with E-state index in [0.29, 0.717) is 0 Å². The molecule has 1 aromatic carbocycles. The van der Waals surface area contributed by atoms with Crippen LogP contribution in [-0.2, 0) is 0 Å². The Hall–Kier alpha value is -1.13. The fourth-order valence-electron chi connectivity index (χ4n) is 1.78. The fourth-order valence-corrected chi connectivity index (χ4v) is 3.22. The first-order chi connectivity index (χ1) is 8.97. The van der Waals surface area contributed by atoms with Crippen LogP contribution in [0, 0.1) is 13.8 Å². The van der Waals surface area contributed by atoms with Crippen molar-refractivity contribution in [2.75, 3.05) is 0 Å². The predicted octanol–water partition coefficient (Wildman–Crippen LogP) is 4.62. The average molecular weight is 338 g/mol. The smallest absolute Gasteiger partial charge is 0.261 e. The van der Waals surface area contributed by atoms with Crippen molar-refractivity contribution < 1.29 is 4.79 Å². The Bertz CT molecular complexity index is 569. The van der Waals surface area contributed by atoms with E-state index in [0.717, 1.165) is 19.8 Å². The maximum absolute atomic E-state index is 12.1. The fraction of sp³-hybridized carbons (Fsp3) is 0.267.